The Morgan fingerprint density at radius 2 is 2.14 bits per heavy atom. The summed E-state index contributed by atoms with van der Waals surface area (Å²) < 4.78 is 0. The van der Waals surface area contributed by atoms with Crippen LogP contribution in [0.4, 0.5) is 0 Å². The highest BCUT2D eigenvalue weighted by Crippen LogP contribution is 2.32. The maximum absolute atomic E-state index is 12.9. The average Bonchev–Trinajstić information content (AvgIpc) is 3.06. The maximum atomic E-state index is 12.9. The van der Waals surface area contributed by atoms with Crippen molar-refractivity contribution in [1.82, 2.24) is 4.90 Å². The number of carbonyl (C=O) groups excluding carboxylic acids is 1. The van der Waals surface area contributed by atoms with E-state index >= 15 is 0 Å². The van der Waals surface area contributed by atoms with Crippen LogP contribution in [-0.2, 0) is 9.63 Å². The molecule has 0 radical (unpaired) electrons. The summed E-state index contributed by atoms with van der Waals surface area (Å²) >= 11 is 1.63. The van der Waals surface area contributed by atoms with Crippen LogP contribution in [0, 0.1) is 11.8 Å². The minimum Gasteiger partial charge on any atom is -0.379 e. The first-order valence-corrected chi connectivity index (χ1v) is 8.44. The van der Waals surface area contributed by atoms with Gasteiger partial charge >= 0.3 is 0 Å². The highest BCUT2D eigenvalue weighted by Gasteiger charge is 2.45. The van der Waals surface area contributed by atoms with Crippen LogP contribution in [0.2, 0.25) is 0 Å². The molecule has 3 atom stereocenters. The van der Waals surface area contributed by atoms with Crippen LogP contribution >= 0.6 is 11.3 Å². The predicted octanol–water partition coefficient (Wildman–Crippen LogP) is 3.14. The smallest absolute Gasteiger partial charge is 0.269 e. The SMILES string of the molecule is C[C@@H]1C[C@H](C)CN(C(=O)[C@@]2(C)CC(c3cccs3)=NO2)C1. The molecule has 2 aliphatic rings. The number of rotatable bonds is 2. The summed E-state index contributed by atoms with van der Waals surface area (Å²) in [7, 11) is 0. The lowest BCUT2D eigenvalue weighted by molar-refractivity contribution is -0.156. The third kappa shape index (κ3) is 2.84. The van der Waals surface area contributed by atoms with Crippen molar-refractivity contribution in [2.75, 3.05) is 13.1 Å². The normalized spacial score (nSPS) is 32.7. The van der Waals surface area contributed by atoms with E-state index in [0.717, 1.165) is 23.7 Å². The molecule has 0 unspecified atom stereocenters. The molecule has 114 valence electrons. The molecule has 0 bridgehead atoms. The molecule has 0 saturated carbocycles. The molecule has 0 aliphatic carbocycles. The summed E-state index contributed by atoms with van der Waals surface area (Å²) in [5, 5.41) is 6.18. The van der Waals surface area contributed by atoms with E-state index in [4.69, 9.17) is 4.84 Å². The predicted molar refractivity (Wildman–Crippen MR) is 84.5 cm³/mol. The zero-order valence-corrected chi connectivity index (χ0v) is 13.7. The van der Waals surface area contributed by atoms with E-state index in [0.29, 0.717) is 18.3 Å². The number of hydrogen-bond donors (Lipinski definition) is 0. The Balaban J connectivity index is 1.71. The molecule has 3 heterocycles. The molecule has 1 aromatic rings. The Kier molecular flexibility index (Phi) is 3.78. The van der Waals surface area contributed by atoms with E-state index in [1.54, 1.807) is 11.3 Å². The van der Waals surface area contributed by atoms with Crippen LogP contribution in [0.5, 0.6) is 0 Å². The molecular formula is C16H22N2O2S. The fourth-order valence-corrected chi connectivity index (χ4v) is 4.10. The van der Waals surface area contributed by atoms with Gasteiger partial charge in [-0.1, -0.05) is 25.1 Å². The average molecular weight is 306 g/mol. The molecule has 5 heteroatoms. The third-order valence-corrected chi connectivity index (χ3v) is 5.20. The van der Waals surface area contributed by atoms with Gasteiger partial charge in [0.1, 0.15) is 5.71 Å². The second-order valence-corrected chi connectivity index (χ2v) is 7.62. The van der Waals surface area contributed by atoms with Crippen molar-refractivity contribution in [1.29, 1.82) is 0 Å². The van der Waals surface area contributed by atoms with Gasteiger partial charge in [-0.3, -0.25) is 4.79 Å². The van der Waals surface area contributed by atoms with E-state index in [-0.39, 0.29) is 5.91 Å². The van der Waals surface area contributed by atoms with Gasteiger partial charge in [-0.15, -0.1) is 11.3 Å². The Morgan fingerprint density at radius 3 is 2.76 bits per heavy atom. The number of nitrogens with zero attached hydrogens (tertiary/aromatic N) is 2. The molecule has 3 rings (SSSR count). The first kappa shape index (κ1) is 14.6. The number of oxime groups is 1. The van der Waals surface area contributed by atoms with Crippen molar-refractivity contribution in [2.45, 2.75) is 39.2 Å². The number of thiophene rings is 1. The van der Waals surface area contributed by atoms with Gasteiger partial charge < -0.3 is 9.74 Å². The van der Waals surface area contributed by atoms with E-state index in [2.05, 4.69) is 19.0 Å². The molecule has 2 aliphatic heterocycles. The van der Waals surface area contributed by atoms with Crippen molar-refractivity contribution in [2.24, 2.45) is 17.0 Å². The standard InChI is InChI=1S/C16H22N2O2S/c1-11-7-12(2)10-18(9-11)15(19)16(3)8-13(17-20-16)14-5-4-6-21-14/h4-6,11-12H,7-10H2,1-3H3/t11-,12+,16-/m1/s1. The molecule has 0 aromatic carbocycles. The van der Waals surface area contributed by atoms with Crippen LogP contribution < -0.4 is 0 Å². The molecule has 21 heavy (non-hydrogen) atoms. The Labute approximate surface area is 129 Å². The fourth-order valence-electron chi connectivity index (χ4n) is 3.39. The Bertz CT molecular complexity index is 545. The van der Waals surface area contributed by atoms with Crippen LogP contribution in [-0.4, -0.2) is 35.2 Å². The summed E-state index contributed by atoms with van der Waals surface area (Å²) in [5.74, 6) is 1.19. The highest BCUT2D eigenvalue weighted by atomic mass is 32.1. The second kappa shape index (κ2) is 5.44. The lowest BCUT2D eigenvalue weighted by Gasteiger charge is -2.38. The van der Waals surface area contributed by atoms with E-state index in [1.165, 1.54) is 6.42 Å². The van der Waals surface area contributed by atoms with Crippen LogP contribution in [0.3, 0.4) is 0 Å². The number of amides is 1. The van der Waals surface area contributed by atoms with Gasteiger partial charge in [0.15, 0.2) is 0 Å². The monoisotopic (exact) mass is 306 g/mol. The Morgan fingerprint density at radius 1 is 1.43 bits per heavy atom. The Hall–Kier alpha value is -1.36. The highest BCUT2D eigenvalue weighted by molar-refractivity contribution is 7.12. The van der Waals surface area contributed by atoms with Crippen LogP contribution in [0.1, 0.15) is 38.5 Å². The quantitative estimate of drug-likeness (QED) is 0.842. The third-order valence-electron chi connectivity index (χ3n) is 4.28. The topological polar surface area (TPSA) is 41.9 Å². The molecule has 0 spiro atoms. The first-order chi connectivity index (χ1) is 9.98. The zero-order valence-electron chi connectivity index (χ0n) is 12.8. The van der Waals surface area contributed by atoms with Gasteiger partial charge in [-0.05, 0) is 36.6 Å². The van der Waals surface area contributed by atoms with Gasteiger partial charge in [-0.2, -0.15) is 0 Å². The van der Waals surface area contributed by atoms with Crippen LogP contribution in [0.15, 0.2) is 22.7 Å². The van der Waals surface area contributed by atoms with Crippen molar-refractivity contribution in [3.05, 3.63) is 22.4 Å². The van der Waals surface area contributed by atoms with Gasteiger partial charge in [0.2, 0.25) is 5.60 Å². The van der Waals surface area contributed by atoms with E-state index in [9.17, 15) is 4.79 Å². The molecule has 1 amide bonds. The number of likely N-dealkylation sites (tertiary alicyclic amines) is 1. The summed E-state index contributed by atoms with van der Waals surface area (Å²) in [6.07, 6.45) is 1.75. The lowest BCUT2D eigenvalue weighted by Crippen LogP contribution is -2.52. The van der Waals surface area contributed by atoms with Gasteiger partial charge in [-0.25, -0.2) is 0 Å². The summed E-state index contributed by atoms with van der Waals surface area (Å²) in [6, 6.07) is 4.02. The molecule has 1 fully saturated rings. The second-order valence-electron chi connectivity index (χ2n) is 6.67. The lowest BCUT2D eigenvalue weighted by atomic mass is 9.89. The number of carbonyl (C=O) groups is 1. The van der Waals surface area contributed by atoms with Crippen molar-refractivity contribution < 1.29 is 9.63 Å². The van der Waals surface area contributed by atoms with Gasteiger partial charge in [0.25, 0.3) is 5.91 Å². The summed E-state index contributed by atoms with van der Waals surface area (Å²) in [4.78, 5) is 21.5. The zero-order chi connectivity index (χ0) is 15.0. The molecule has 0 N–H and O–H groups in total. The van der Waals surface area contributed by atoms with Crippen molar-refractivity contribution in [3.63, 3.8) is 0 Å². The van der Waals surface area contributed by atoms with Gasteiger partial charge in [0, 0.05) is 19.5 Å². The molecule has 1 saturated heterocycles. The van der Waals surface area contributed by atoms with Gasteiger partial charge in [0.05, 0.1) is 4.88 Å². The molecular weight excluding hydrogens is 284 g/mol. The minimum absolute atomic E-state index is 0.0798. The van der Waals surface area contributed by atoms with E-state index in [1.807, 2.05) is 29.3 Å². The number of piperidine rings is 1. The number of hydrogen-bond acceptors (Lipinski definition) is 4. The molecule has 4 nitrogen and oxygen atoms in total. The maximum Gasteiger partial charge on any atom is 0.269 e. The minimum atomic E-state index is -0.837. The van der Waals surface area contributed by atoms with Crippen molar-refractivity contribution in [3.8, 4) is 0 Å². The summed E-state index contributed by atoms with van der Waals surface area (Å²) in [5.41, 5.74) is 0.0507. The first-order valence-electron chi connectivity index (χ1n) is 7.56. The fraction of sp³-hybridized carbons (Fsp3) is 0.625. The largest absolute Gasteiger partial charge is 0.379 e. The molecule has 1 aromatic heterocycles. The van der Waals surface area contributed by atoms with E-state index < -0.39 is 5.60 Å². The summed E-state index contributed by atoms with van der Waals surface area (Å²) in [6.45, 7) is 7.94. The van der Waals surface area contributed by atoms with Crippen molar-refractivity contribution >= 4 is 23.0 Å². The van der Waals surface area contributed by atoms with Crippen LogP contribution in [0.25, 0.3) is 0 Å².